The van der Waals surface area contributed by atoms with Crippen LogP contribution in [0.2, 0.25) is 0 Å². The molecule has 1 saturated heterocycles. The number of benzene rings is 1. The molecule has 2 N–H and O–H groups in total. The molecule has 0 aromatic heterocycles. The second kappa shape index (κ2) is 7.42. The first-order valence-electron chi connectivity index (χ1n) is 6.83. The van der Waals surface area contributed by atoms with Gasteiger partial charge in [0, 0.05) is 0 Å². The monoisotopic (exact) mass is 302 g/mol. The lowest BCUT2D eigenvalue weighted by molar-refractivity contribution is -0.117. The average molecular weight is 302 g/mol. The lowest BCUT2D eigenvalue weighted by Gasteiger charge is -2.22. The zero-order chi connectivity index (χ0) is 15.2. The van der Waals surface area contributed by atoms with Gasteiger partial charge in [-0.15, -0.1) is 0 Å². The molecule has 116 valence electrons. The summed E-state index contributed by atoms with van der Waals surface area (Å²) in [6.45, 7) is 1.98. The second-order valence-corrected chi connectivity index (χ2v) is 4.84. The quantitative estimate of drug-likeness (QED) is 0.820. The molecule has 0 spiro atoms. The number of halogens is 3. The summed E-state index contributed by atoms with van der Waals surface area (Å²) >= 11 is 0. The van der Waals surface area contributed by atoms with Crippen molar-refractivity contribution < 1.29 is 22.7 Å². The SMILES string of the molecule is O=C(CCOC1CCNCC1)Nc1ccc(F)c(F)c1F. The number of amides is 1. The Kier molecular flexibility index (Phi) is 5.58. The van der Waals surface area contributed by atoms with E-state index < -0.39 is 23.4 Å². The van der Waals surface area contributed by atoms with E-state index in [2.05, 4.69) is 10.6 Å². The summed E-state index contributed by atoms with van der Waals surface area (Å²) in [6.07, 6.45) is 1.93. The molecule has 0 unspecified atom stereocenters. The molecule has 0 bridgehead atoms. The normalized spacial score (nSPS) is 16.0. The molecule has 1 fully saturated rings. The van der Waals surface area contributed by atoms with Crippen LogP contribution in [0.4, 0.5) is 18.9 Å². The Morgan fingerprint density at radius 3 is 2.67 bits per heavy atom. The third kappa shape index (κ3) is 4.44. The van der Waals surface area contributed by atoms with Gasteiger partial charge in [0.1, 0.15) is 0 Å². The minimum atomic E-state index is -1.60. The van der Waals surface area contributed by atoms with Gasteiger partial charge in [-0.25, -0.2) is 13.2 Å². The van der Waals surface area contributed by atoms with E-state index in [1.165, 1.54) is 0 Å². The Morgan fingerprint density at radius 2 is 1.95 bits per heavy atom. The van der Waals surface area contributed by atoms with Gasteiger partial charge < -0.3 is 15.4 Å². The molecule has 0 atom stereocenters. The number of carbonyl (C=O) groups excluding carboxylic acids is 1. The Bertz CT molecular complexity index is 505. The fraction of sp³-hybridized carbons (Fsp3) is 0.500. The van der Waals surface area contributed by atoms with Gasteiger partial charge in [-0.05, 0) is 38.1 Å². The topological polar surface area (TPSA) is 50.4 Å². The van der Waals surface area contributed by atoms with Crippen molar-refractivity contribution in [2.75, 3.05) is 25.0 Å². The highest BCUT2D eigenvalue weighted by Crippen LogP contribution is 2.19. The number of hydrogen-bond donors (Lipinski definition) is 2. The van der Waals surface area contributed by atoms with Gasteiger partial charge in [0.05, 0.1) is 24.8 Å². The first kappa shape index (κ1) is 15.8. The number of nitrogens with one attached hydrogen (secondary N) is 2. The predicted molar refractivity (Wildman–Crippen MR) is 71.4 cm³/mol. The van der Waals surface area contributed by atoms with Crippen molar-refractivity contribution in [3.8, 4) is 0 Å². The molecule has 1 amide bonds. The highest BCUT2D eigenvalue weighted by atomic mass is 19.2. The van der Waals surface area contributed by atoms with E-state index in [9.17, 15) is 18.0 Å². The van der Waals surface area contributed by atoms with Crippen LogP contribution < -0.4 is 10.6 Å². The van der Waals surface area contributed by atoms with Crippen LogP contribution in [0.25, 0.3) is 0 Å². The fourth-order valence-corrected chi connectivity index (χ4v) is 2.12. The summed E-state index contributed by atoms with van der Waals surface area (Å²) in [5.41, 5.74) is -0.374. The van der Waals surface area contributed by atoms with Gasteiger partial charge in [0.2, 0.25) is 5.91 Å². The standard InChI is InChI=1S/C14H17F3N2O2/c15-10-1-2-11(14(17)13(10)16)19-12(20)5-8-21-9-3-6-18-7-4-9/h1-2,9,18H,3-8H2,(H,19,20). The summed E-state index contributed by atoms with van der Waals surface area (Å²) in [4.78, 5) is 11.6. The number of ether oxygens (including phenoxy) is 1. The summed E-state index contributed by atoms with van der Waals surface area (Å²) in [5, 5.41) is 5.40. The Hall–Kier alpha value is -1.60. The van der Waals surface area contributed by atoms with Gasteiger partial charge in [0.15, 0.2) is 17.5 Å². The van der Waals surface area contributed by atoms with Crippen molar-refractivity contribution in [1.82, 2.24) is 5.32 Å². The van der Waals surface area contributed by atoms with Crippen molar-refractivity contribution in [2.45, 2.75) is 25.4 Å². The minimum absolute atomic E-state index is 0.0301. The van der Waals surface area contributed by atoms with Gasteiger partial charge in [-0.1, -0.05) is 0 Å². The van der Waals surface area contributed by atoms with Gasteiger partial charge >= 0.3 is 0 Å². The van der Waals surface area contributed by atoms with Crippen LogP contribution in [-0.4, -0.2) is 31.7 Å². The lowest BCUT2D eigenvalue weighted by atomic mass is 10.1. The maximum absolute atomic E-state index is 13.4. The average Bonchev–Trinajstić information content (AvgIpc) is 2.49. The summed E-state index contributed by atoms with van der Waals surface area (Å²) in [5.74, 6) is -4.80. The molecular formula is C14H17F3N2O2. The van der Waals surface area contributed by atoms with Gasteiger partial charge in [-0.3, -0.25) is 4.79 Å². The van der Waals surface area contributed by atoms with E-state index in [1.807, 2.05) is 0 Å². The van der Waals surface area contributed by atoms with E-state index in [0.717, 1.165) is 38.1 Å². The van der Waals surface area contributed by atoms with Crippen molar-refractivity contribution >= 4 is 11.6 Å². The van der Waals surface area contributed by atoms with Crippen molar-refractivity contribution in [1.29, 1.82) is 0 Å². The Labute approximate surface area is 120 Å². The van der Waals surface area contributed by atoms with E-state index in [4.69, 9.17) is 4.74 Å². The van der Waals surface area contributed by atoms with E-state index in [1.54, 1.807) is 0 Å². The smallest absolute Gasteiger partial charge is 0.226 e. The number of hydrogen-bond acceptors (Lipinski definition) is 3. The number of rotatable bonds is 5. The van der Waals surface area contributed by atoms with Crippen LogP contribution in [0.15, 0.2) is 12.1 Å². The molecule has 0 saturated carbocycles. The van der Waals surface area contributed by atoms with Crippen LogP contribution in [0.1, 0.15) is 19.3 Å². The molecule has 1 heterocycles. The van der Waals surface area contributed by atoms with E-state index in [-0.39, 0.29) is 24.8 Å². The third-order valence-electron chi connectivity index (χ3n) is 3.28. The Balaban J connectivity index is 1.78. The predicted octanol–water partition coefficient (Wildman–Crippen LogP) is 2.20. The Morgan fingerprint density at radius 1 is 1.24 bits per heavy atom. The summed E-state index contributed by atoms with van der Waals surface area (Å²) in [7, 11) is 0. The first-order valence-corrected chi connectivity index (χ1v) is 6.83. The van der Waals surface area contributed by atoms with Crippen molar-refractivity contribution in [2.24, 2.45) is 0 Å². The summed E-state index contributed by atoms with van der Waals surface area (Å²) in [6, 6.07) is 1.75. The largest absolute Gasteiger partial charge is 0.378 e. The van der Waals surface area contributed by atoms with E-state index >= 15 is 0 Å². The second-order valence-electron chi connectivity index (χ2n) is 4.84. The molecule has 4 nitrogen and oxygen atoms in total. The fourth-order valence-electron chi connectivity index (χ4n) is 2.12. The molecule has 1 aliphatic heterocycles. The van der Waals surface area contributed by atoms with Crippen molar-refractivity contribution in [3.05, 3.63) is 29.6 Å². The number of piperidine rings is 1. The summed E-state index contributed by atoms with van der Waals surface area (Å²) < 4.78 is 44.7. The maximum Gasteiger partial charge on any atom is 0.226 e. The molecule has 1 aliphatic rings. The highest BCUT2D eigenvalue weighted by molar-refractivity contribution is 5.90. The molecule has 7 heteroatoms. The number of anilines is 1. The third-order valence-corrected chi connectivity index (χ3v) is 3.28. The molecule has 0 radical (unpaired) electrons. The van der Waals surface area contributed by atoms with Gasteiger partial charge in [0.25, 0.3) is 0 Å². The molecule has 21 heavy (non-hydrogen) atoms. The van der Waals surface area contributed by atoms with Crippen molar-refractivity contribution in [3.63, 3.8) is 0 Å². The van der Waals surface area contributed by atoms with Crippen LogP contribution in [0, 0.1) is 17.5 Å². The van der Waals surface area contributed by atoms with Gasteiger partial charge in [-0.2, -0.15) is 0 Å². The lowest BCUT2D eigenvalue weighted by Crippen LogP contribution is -2.33. The zero-order valence-electron chi connectivity index (χ0n) is 11.4. The van der Waals surface area contributed by atoms with Crippen LogP contribution in [-0.2, 0) is 9.53 Å². The highest BCUT2D eigenvalue weighted by Gasteiger charge is 2.16. The first-order chi connectivity index (χ1) is 10.1. The van der Waals surface area contributed by atoms with E-state index in [0.29, 0.717) is 0 Å². The molecule has 1 aromatic rings. The maximum atomic E-state index is 13.4. The minimum Gasteiger partial charge on any atom is -0.378 e. The van der Waals surface area contributed by atoms with Crippen LogP contribution in [0.5, 0.6) is 0 Å². The van der Waals surface area contributed by atoms with Crippen LogP contribution in [0.3, 0.4) is 0 Å². The number of carbonyl (C=O) groups is 1. The molecule has 2 rings (SSSR count). The molecule has 0 aliphatic carbocycles. The zero-order valence-corrected chi connectivity index (χ0v) is 11.4. The van der Waals surface area contributed by atoms with Crippen LogP contribution >= 0.6 is 0 Å². The molecular weight excluding hydrogens is 285 g/mol. The molecule has 1 aromatic carbocycles.